The molecule has 0 unspecified atom stereocenters. The van der Waals surface area contributed by atoms with E-state index in [1.165, 1.54) is 0 Å². The topological polar surface area (TPSA) is 55.8 Å². The Labute approximate surface area is 204 Å². The molecule has 3 aromatic carbocycles. The highest BCUT2D eigenvalue weighted by atomic mass is 35.5. The molecular weight excluding hydrogens is 450 g/mol. The number of carbonyl (C=O) groups excluding carboxylic acids is 2. The maximum Gasteiger partial charge on any atom is 0.315 e. The maximum atomic E-state index is 13.0. The van der Waals surface area contributed by atoms with Crippen LogP contribution in [-0.4, -0.2) is 24.8 Å². The molecular formula is C28H26ClNO4. The summed E-state index contributed by atoms with van der Waals surface area (Å²) in [6.45, 7) is 7.90. The molecule has 0 fully saturated rings. The zero-order valence-corrected chi connectivity index (χ0v) is 20.2. The molecule has 3 aromatic rings. The van der Waals surface area contributed by atoms with Crippen LogP contribution in [-0.2, 0) is 11.2 Å². The van der Waals surface area contributed by atoms with Crippen LogP contribution in [0.2, 0.25) is 5.02 Å². The van der Waals surface area contributed by atoms with E-state index in [-0.39, 0.29) is 18.0 Å². The highest BCUT2D eigenvalue weighted by molar-refractivity contribution is 6.30. The molecule has 0 saturated heterocycles. The van der Waals surface area contributed by atoms with Gasteiger partial charge in [-0.2, -0.15) is 0 Å². The third kappa shape index (κ3) is 5.15. The Balaban J connectivity index is 1.49. The van der Waals surface area contributed by atoms with E-state index in [2.05, 4.69) is 18.7 Å². The summed E-state index contributed by atoms with van der Waals surface area (Å²) in [7, 11) is 0. The van der Waals surface area contributed by atoms with Crippen molar-refractivity contribution < 1.29 is 19.1 Å². The summed E-state index contributed by atoms with van der Waals surface area (Å²) in [5, 5.41) is 0.608. The third-order valence-electron chi connectivity index (χ3n) is 5.76. The lowest BCUT2D eigenvalue weighted by atomic mass is 10.0. The SMILES string of the molecule is CCN(CC)c1ccc(/C=C2\Oc3cc(OC(=O)Cc4ccc(Cl)cc4)cc(C)c3C2=O)cc1. The number of ketones is 1. The first-order chi connectivity index (χ1) is 16.4. The van der Waals surface area contributed by atoms with Crippen LogP contribution in [0, 0.1) is 6.92 Å². The van der Waals surface area contributed by atoms with Crippen molar-refractivity contribution in [3.05, 3.63) is 93.7 Å². The van der Waals surface area contributed by atoms with E-state index in [0.717, 1.165) is 29.9 Å². The average Bonchev–Trinajstić information content (AvgIpc) is 3.12. The first-order valence-electron chi connectivity index (χ1n) is 11.3. The highest BCUT2D eigenvalue weighted by Gasteiger charge is 2.30. The standard InChI is InChI=1S/C28H26ClNO4/c1-4-30(5-2)22-12-8-19(9-13-22)15-25-28(32)27-18(3)14-23(17-24(27)34-25)33-26(31)16-20-6-10-21(29)11-7-20/h6-15,17H,4-5,16H2,1-3H3/b25-15-. The number of ether oxygens (including phenoxy) is 2. The Bertz CT molecular complexity index is 1240. The second-order valence-corrected chi connectivity index (χ2v) is 8.53. The molecule has 0 amide bonds. The van der Waals surface area contributed by atoms with Crippen LogP contribution < -0.4 is 14.4 Å². The summed E-state index contributed by atoms with van der Waals surface area (Å²) >= 11 is 5.89. The molecule has 0 bridgehead atoms. The van der Waals surface area contributed by atoms with Crippen molar-refractivity contribution in [1.29, 1.82) is 0 Å². The fraction of sp³-hybridized carbons (Fsp3) is 0.214. The van der Waals surface area contributed by atoms with Crippen molar-refractivity contribution in [1.82, 2.24) is 0 Å². The van der Waals surface area contributed by atoms with Gasteiger partial charge in [-0.25, -0.2) is 0 Å². The number of nitrogens with zero attached hydrogens (tertiary/aromatic N) is 1. The number of allylic oxidation sites excluding steroid dienone is 1. The zero-order valence-electron chi connectivity index (χ0n) is 19.4. The van der Waals surface area contributed by atoms with Crippen LogP contribution in [0.4, 0.5) is 5.69 Å². The summed E-state index contributed by atoms with van der Waals surface area (Å²) in [6.07, 6.45) is 1.85. The predicted molar refractivity (Wildman–Crippen MR) is 135 cm³/mol. The van der Waals surface area contributed by atoms with Crippen molar-refractivity contribution in [3.8, 4) is 11.5 Å². The van der Waals surface area contributed by atoms with Gasteiger partial charge in [-0.05, 0) is 73.9 Å². The van der Waals surface area contributed by atoms with Gasteiger partial charge in [-0.1, -0.05) is 35.9 Å². The number of esters is 1. The minimum atomic E-state index is -0.407. The van der Waals surface area contributed by atoms with E-state index in [1.54, 1.807) is 49.4 Å². The summed E-state index contributed by atoms with van der Waals surface area (Å²) in [4.78, 5) is 27.6. The van der Waals surface area contributed by atoms with Crippen LogP contribution in [0.5, 0.6) is 11.5 Å². The Kier molecular flexibility index (Phi) is 7.03. The van der Waals surface area contributed by atoms with Gasteiger partial charge < -0.3 is 14.4 Å². The van der Waals surface area contributed by atoms with E-state index >= 15 is 0 Å². The first-order valence-corrected chi connectivity index (χ1v) is 11.6. The molecule has 0 aliphatic carbocycles. The monoisotopic (exact) mass is 475 g/mol. The molecule has 0 spiro atoms. The van der Waals surface area contributed by atoms with Crippen LogP contribution in [0.25, 0.3) is 6.08 Å². The second kappa shape index (κ2) is 10.1. The number of Topliss-reactive ketones (excluding diaryl/α,β-unsaturated/α-hetero) is 1. The van der Waals surface area contributed by atoms with Crippen LogP contribution in [0.1, 0.15) is 40.9 Å². The molecule has 1 aliphatic rings. The first kappa shape index (κ1) is 23.6. The van der Waals surface area contributed by atoms with Crippen molar-refractivity contribution in [2.24, 2.45) is 0 Å². The molecule has 6 heteroatoms. The molecule has 4 rings (SSSR count). The third-order valence-corrected chi connectivity index (χ3v) is 6.01. The molecule has 0 aromatic heterocycles. The van der Waals surface area contributed by atoms with Crippen LogP contribution >= 0.6 is 11.6 Å². The number of aryl methyl sites for hydroxylation is 1. The van der Waals surface area contributed by atoms with E-state index in [9.17, 15) is 9.59 Å². The predicted octanol–water partition coefficient (Wildman–Crippen LogP) is 6.26. The van der Waals surface area contributed by atoms with Crippen molar-refractivity contribution in [3.63, 3.8) is 0 Å². The van der Waals surface area contributed by atoms with Crippen molar-refractivity contribution in [2.45, 2.75) is 27.2 Å². The van der Waals surface area contributed by atoms with Gasteiger partial charge in [0.25, 0.3) is 0 Å². The van der Waals surface area contributed by atoms with Gasteiger partial charge in [0.05, 0.1) is 12.0 Å². The van der Waals surface area contributed by atoms with Gasteiger partial charge >= 0.3 is 5.97 Å². The van der Waals surface area contributed by atoms with E-state index in [1.807, 2.05) is 24.3 Å². The largest absolute Gasteiger partial charge is 0.452 e. The molecule has 1 aliphatic heterocycles. The van der Waals surface area contributed by atoms with Crippen LogP contribution in [0.3, 0.4) is 0 Å². The van der Waals surface area contributed by atoms with E-state index in [0.29, 0.717) is 27.6 Å². The summed E-state index contributed by atoms with van der Waals surface area (Å²) in [5.74, 6) is 0.394. The fourth-order valence-corrected chi connectivity index (χ4v) is 4.12. The molecule has 0 radical (unpaired) electrons. The van der Waals surface area contributed by atoms with Crippen molar-refractivity contribution >= 4 is 35.1 Å². The molecule has 174 valence electrons. The lowest BCUT2D eigenvalue weighted by molar-refractivity contribution is -0.133. The summed E-state index contributed by atoms with van der Waals surface area (Å²) in [6, 6.07) is 18.3. The smallest absolute Gasteiger partial charge is 0.315 e. The number of rotatable bonds is 7. The molecule has 34 heavy (non-hydrogen) atoms. The quantitative estimate of drug-likeness (QED) is 0.229. The number of hydrogen-bond acceptors (Lipinski definition) is 5. The second-order valence-electron chi connectivity index (χ2n) is 8.09. The minimum absolute atomic E-state index is 0.113. The Hall–Kier alpha value is -3.57. The number of carbonyl (C=O) groups is 2. The number of fused-ring (bicyclic) bond motifs is 1. The van der Waals surface area contributed by atoms with Gasteiger partial charge in [-0.15, -0.1) is 0 Å². The molecule has 0 saturated carbocycles. The van der Waals surface area contributed by atoms with E-state index < -0.39 is 5.97 Å². The average molecular weight is 476 g/mol. The number of halogens is 1. The van der Waals surface area contributed by atoms with Crippen LogP contribution in [0.15, 0.2) is 66.4 Å². The summed E-state index contributed by atoms with van der Waals surface area (Å²) < 4.78 is 11.4. The van der Waals surface area contributed by atoms with Gasteiger partial charge in [0.2, 0.25) is 5.78 Å². The summed E-state index contributed by atoms with van der Waals surface area (Å²) in [5.41, 5.74) is 3.99. The lowest BCUT2D eigenvalue weighted by Gasteiger charge is -2.20. The molecule has 0 N–H and O–H groups in total. The number of hydrogen-bond donors (Lipinski definition) is 0. The maximum absolute atomic E-state index is 13.0. The Morgan fingerprint density at radius 2 is 1.71 bits per heavy atom. The fourth-order valence-electron chi connectivity index (χ4n) is 3.99. The Morgan fingerprint density at radius 1 is 1.03 bits per heavy atom. The van der Waals surface area contributed by atoms with Gasteiger partial charge in [0, 0.05) is 29.9 Å². The number of benzene rings is 3. The van der Waals surface area contributed by atoms with Gasteiger partial charge in [0.15, 0.2) is 5.76 Å². The van der Waals surface area contributed by atoms with Crippen molar-refractivity contribution in [2.75, 3.05) is 18.0 Å². The van der Waals surface area contributed by atoms with Gasteiger partial charge in [0.1, 0.15) is 11.5 Å². The van der Waals surface area contributed by atoms with Gasteiger partial charge in [-0.3, -0.25) is 9.59 Å². The highest BCUT2D eigenvalue weighted by Crippen LogP contribution is 2.37. The lowest BCUT2D eigenvalue weighted by Crippen LogP contribution is -2.21. The minimum Gasteiger partial charge on any atom is -0.452 e. The molecule has 5 nitrogen and oxygen atoms in total. The normalized spacial score (nSPS) is 13.5. The zero-order chi connectivity index (χ0) is 24.2. The molecule has 1 heterocycles. The molecule has 0 atom stereocenters. The number of anilines is 1. The Morgan fingerprint density at radius 3 is 2.35 bits per heavy atom. The van der Waals surface area contributed by atoms with E-state index in [4.69, 9.17) is 21.1 Å².